The van der Waals surface area contributed by atoms with Gasteiger partial charge in [0.25, 0.3) is 5.24 Å². The zero-order valence-electron chi connectivity index (χ0n) is 20.3. The molecule has 0 aromatic heterocycles. The molecule has 0 spiro atoms. The lowest BCUT2D eigenvalue weighted by Gasteiger charge is -2.16. The van der Waals surface area contributed by atoms with Crippen LogP contribution in [0.3, 0.4) is 0 Å². The summed E-state index contributed by atoms with van der Waals surface area (Å²) < 4.78 is 12.1. The number of benzene rings is 3. The van der Waals surface area contributed by atoms with Crippen molar-refractivity contribution in [3.8, 4) is 11.5 Å². The van der Waals surface area contributed by atoms with E-state index in [4.69, 9.17) is 9.47 Å². The molecule has 3 aromatic rings. The summed E-state index contributed by atoms with van der Waals surface area (Å²) >= 11 is 7.88. The fraction of sp³-hybridized carbons (Fsp3) is 0.250. The van der Waals surface area contributed by atoms with Crippen LogP contribution in [0.15, 0.2) is 65.1 Å². The number of amides is 2. The quantitative estimate of drug-likeness (QED) is 0.145. The Bertz CT molecular complexity index is 1330. The van der Waals surface area contributed by atoms with Crippen LogP contribution in [0.4, 0.5) is 4.79 Å². The van der Waals surface area contributed by atoms with Crippen LogP contribution in [-0.4, -0.2) is 33.9 Å². The van der Waals surface area contributed by atoms with E-state index in [0.29, 0.717) is 16.8 Å². The Morgan fingerprint density at radius 2 is 1.68 bits per heavy atom. The largest absolute Gasteiger partial charge is 0.482 e. The highest BCUT2D eigenvalue weighted by Crippen LogP contribution is 2.34. The third-order valence-corrected chi connectivity index (χ3v) is 8.00. The van der Waals surface area contributed by atoms with Crippen molar-refractivity contribution >= 4 is 60.7 Å². The third-order valence-electron chi connectivity index (χ3n) is 5.83. The third kappa shape index (κ3) is 7.03. The average molecular weight is 647 g/mol. The minimum Gasteiger partial charge on any atom is -0.482 e. The van der Waals surface area contributed by atoms with E-state index >= 15 is 0 Å². The van der Waals surface area contributed by atoms with E-state index in [2.05, 4.69) is 31.9 Å². The summed E-state index contributed by atoms with van der Waals surface area (Å²) in [6.45, 7) is 3.86. The Morgan fingerprint density at radius 3 is 2.41 bits per heavy atom. The molecular weight excluding hydrogens is 622 g/mol. The Morgan fingerprint density at radius 1 is 0.946 bits per heavy atom. The van der Waals surface area contributed by atoms with Crippen molar-refractivity contribution in [3.05, 3.63) is 93.0 Å². The summed E-state index contributed by atoms with van der Waals surface area (Å²) in [4.78, 5) is 39.6. The molecule has 1 fully saturated rings. The molecule has 1 aliphatic rings. The molecule has 0 aliphatic carbocycles. The molecule has 6 nitrogen and oxygen atoms in total. The number of aryl methyl sites for hydroxylation is 2. The Hall–Kier alpha value is -2.62. The lowest BCUT2D eigenvalue weighted by Crippen LogP contribution is -2.31. The van der Waals surface area contributed by atoms with Crippen LogP contribution >= 0.6 is 43.6 Å². The summed E-state index contributed by atoms with van der Waals surface area (Å²) in [6.07, 6.45) is 0.287. The van der Waals surface area contributed by atoms with Gasteiger partial charge in [-0.1, -0.05) is 85.6 Å². The number of hydrogen-bond acceptors (Lipinski definition) is 6. The van der Waals surface area contributed by atoms with E-state index < -0.39 is 11.2 Å². The van der Waals surface area contributed by atoms with Gasteiger partial charge >= 0.3 is 5.97 Å². The summed E-state index contributed by atoms with van der Waals surface area (Å²) in [5.74, 6) is 0.180. The van der Waals surface area contributed by atoms with Gasteiger partial charge < -0.3 is 9.47 Å². The molecule has 0 bridgehead atoms. The molecule has 2 amide bonds. The number of thioether (sulfide) groups is 1. The van der Waals surface area contributed by atoms with E-state index in [-0.39, 0.29) is 30.7 Å². The molecule has 1 heterocycles. The monoisotopic (exact) mass is 645 g/mol. The van der Waals surface area contributed by atoms with Crippen molar-refractivity contribution in [2.24, 2.45) is 0 Å². The first kappa shape index (κ1) is 27.4. The second-order valence-corrected chi connectivity index (χ2v) is 11.4. The lowest BCUT2D eigenvalue weighted by molar-refractivity contribution is -0.136. The number of hydrogen-bond donors (Lipinski definition) is 0. The molecule has 1 aliphatic heterocycles. The first-order valence-electron chi connectivity index (χ1n) is 11.6. The maximum absolute atomic E-state index is 13.1. The number of rotatable bonds is 9. The van der Waals surface area contributed by atoms with E-state index in [1.54, 1.807) is 12.1 Å². The van der Waals surface area contributed by atoms with E-state index in [1.807, 2.05) is 62.4 Å². The summed E-state index contributed by atoms with van der Waals surface area (Å²) in [6, 6.07) is 18.8. The van der Waals surface area contributed by atoms with E-state index in [1.165, 1.54) is 4.90 Å². The minimum atomic E-state index is -0.574. The normalized spacial score (nSPS) is 15.2. The van der Waals surface area contributed by atoms with Crippen molar-refractivity contribution in [3.63, 3.8) is 0 Å². The van der Waals surface area contributed by atoms with Gasteiger partial charge in [0.05, 0.1) is 11.8 Å². The number of halogens is 2. The van der Waals surface area contributed by atoms with Crippen molar-refractivity contribution in [1.29, 1.82) is 0 Å². The van der Waals surface area contributed by atoms with Crippen molar-refractivity contribution in [1.82, 2.24) is 4.90 Å². The highest BCUT2D eigenvalue weighted by atomic mass is 79.9. The summed E-state index contributed by atoms with van der Waals surface area (Å²) in [5.41, 5.74) is 4.57. The van der Waals surface area contributed by atoms with Crippen LogP contribution in [0.1, 0.15) is 27.8 Å². The van der Waals surface area contributed by atoms with Gasteiger partial charge in [0.2, 0.25) is 5.91 Å². The Balaban J connectivity index is 1.42. The standard InChI is InChI=1S/C28H25Br2NO5S/c1-17-3-6-19(7-4-17)15-31-27(33)25(37-28(31)34)13-21-12-22(30)9-10-23(21)35-16-26(32)36-24-11-18(2)5-8-20(24)14-29/h3-12,25H,13-16H2,1-2H3. The van der Waals surface area contributed by atoms with Crippen LogP contribution in [0.25, 0.3) is 0 Å². The number of imide groups is 1. The maximum atomic E-state index is 13.1. The van der Waals surface area contributed by atoms with E-state index in [9.17, 15) is 14.4 Å². The molecule has 37 heavy (non-hydrogen) atoms. The molecule has 9 heteroatoms. The Labute approximate surface area is 237 Å². The van der Waals surface area contributed by atoms with Gasteiger partial charge in [0, 0.05) is 15.4 Å². The second-order valence-electron chi connectivity index (χ2n) is 8.75. The molecule has 1 atom stereocenters. The molecule has 3 aromatic carbocycles. The fourth-order valence-electron chi connectivity index (χ4n) is 3.85. The van der Waals surface area contributed by atoms with Gasteiger partial charge in [0.1, 0.15) is 11.5 Å². The highest BCUT2D eigenvalue weighted by molar-refractivity contribution is 9.10. The molecule has 192 valence electrons. The number of carbonyl (C=O) groups is 3. The number of nitrogens with zero attached hydrogens (tertiary/aromatic N) is 1. The van der Waals surface area contributed by atoms with Crippen molar-refractivity contribution < 1.29 is 23.9 Å². The van der Waals surface area contributed by atoms with Crippen LogP contribution < -0.4 is 9.47 Å². The number of esters is 1. The van der Waals surface area contributed by atoms with Gasteiger partial charge in [-0.05, 0) is 61.2 Å². The molecule has 4 rings (SSSR count). The molecule has 0 N–H and O–H groups in total. The molecule has 0 saturated carbocycles. The fourth-order valence-corrected chi connectivity index (χ4v) is 5.74. The smallest absolute Gasteiger partial charge is 0.349 e. The SMILES string of the molecule is Cc1ccc(CN2C(=O)SC(Cc3cc(Br)ccc3OCC(=O)Oc3cc(C)ccc3CBr)C2=O)cc1. The van der Waals surface area contributed by atoms with Crippen molar-refractivity contribution in [2.45, 2.75) is 37.4 Å². The lowest BCUT2D eigenvalue weighted by atomic mass is 10.1. The highest BCUT2D eigenvalue weighted by Gasteiger charge is 2.39. The first-order valence-corrected chi connectivity index (χ1v) is 14.4. The van der Waals surface area contributed by atoms with Gasteiger partial charge in [-0.2, -0.15) is 0 Å². The first-order chi connectivity index (χ1) is 17.7. The predicted octanol–water partition coefficient (Wildman–Crippen LogP) is 6.75. The number of ether oxygens (including phenoxy) is 2. The molecule has 1 saturated heterocycles. The Kier molecular flexibility index (Phi) is 9.10. The average Bonchev–Trinajstić information content (AvgIpc) is 3.12. The number of alkyl halides is 1. The topological polar surface area (TPSA) is 72.9 Å². The van der Waals surface area contributed by atoms with Gasteiger partial charge in [-0.25, -0.2) is 4.79 Å². The molecular formula is C28H25Br2NO5S. The second kappa shape index (κ2) is 12.3. The van der Waals surface area contributed by atoms with Crippen LogP contribution in [-0.2, 0) is 27.9 Å². The summed E-state index contributed by atoms with van der Waals surface area (Å²) in [7, 11) is 0. The summed E-state index contributed by atoms with van der Waals surface area (Å²) in [5, 5.41) is -0.284. The van der Waals surface area contributed by atoms with Gasteiger partial charge in [-0.3, -0.25) is 14.5 Å². The van der Waals surface area contributed by atoms with E-state index in [0.717, 1.165) is 44.1 Å². The number of carbonyl (C=O) groups excluding carboxylic acids is 3. The van der Waals surface area contributed by atoms with Gasteiger partial charge in [-0.15, -0.1) is 0 Å². The zero-order valence-corrected chi connectivity index (χ0v) is 24.3. The molecule has 0 radical (unpaired) electrons. The zero-order chi connectivity index (χ0) is 26.5. The van der Waals surface area contributed by atoms with Crippen LogP contribution in [0.5, 0.6) is 11.5 Å². The van der Waals surface area contributed by atoms with Crippen LogP contribution in [0, 0.1) is 13.8 Å². The minimum absolute atomic E-state index is 0.234. The van der Waals surface area contributed by atoms with Crippen molar-refractivity contribution in [2.75, 3.05) is 6.61 Å². The van der Waals surface area contributed by atoms with Gasteiger partial charge in [0.15, 0.2) is 6.61 Å². The maximum Gasteiger partial charge on any atom is 0.349 e. The predicted molar refractivity (Wildman–Crippen MR) is 151 cm³/mol. The molecule has 1 unspecified atom stereocenters. The van der Waals surface area contributed by atoms with Crippen LogP contribution in [0.2, 0.25) is 0 Å².